The van der Waals surface area contributed by atoms with Crippen molar-refractivity contribution < 1.29 is 19.4 Å². The van der Waals surface area contributed by atoms with E-state index in [1.807, 2.05) is 48.1 Å². The van der Waals surface area contributed by atoms with Crippen LogP contribution in [0.25, 0.3) is 11.8 Å². The van der Waals surface area contributed by atoms with Gasteiger partial charge in [-0.2, -0.15) is 0 Å². The van der Waals surface area contributed by atoms with Gasteiger partial charge in [0.15, 0.2) is 4.80 Å². The molecule has 0 fully saturated rings. The second-order valence-corrected chi connectivity index (χ2v) is 10.8. The molecule has 0 spiro atoms. The smallest absolute Gasteiger partial charge is 0.338 e. The zero-order valence-electron chi connectivity index (χ0n) is 21.2. The summed E-state index contributed by atoms with van der Waals surface area (Å²) < 4.78 is 9.44. The van der Waals surface area contributed by atoms with Crippen LogP contribution in [0.3, 0.4) is 0 Å². The average molecular weight is 548 g/mol. The normalized spacial score (nSPS) is 15.4. The van der Waals surface area contributed by atoms with Crippen molar-refractivity contribution in [2.45, 2.75) is 33.7 Å². The number of aromatic carboxylic acids is 1. The highest BCUT2D eigenvalue weighted by molar-refractivity contribution is 7.10. The molecule has 1 aliphatic rings. The standard InChI is InChI=1S/C28H25N3O5S2/c1-5-36-27(35)23-16(3)29-28-31(24(23)21-7-6-12-37-21)25(32)22(38-28)14-19-13-15(2)30(17(19)4)20-10-8-18(9-11-20)26(33)34/h6-14,24H,5H2,1-4H3,(H,33,34)/b22-14+/t24-/m0/s1. The van der Waals surface area contributed by atoms with E-state index in [0.29, 0.717) is 20.6 Å². The molecule has 4 heterocycles. The molecule has 0 saturated heterocycles. The highest BCUT2D eigenvalue weighted by Gasteiger charge is 2.33. The van der Waals surface area contributed by atoms with Crippen molar-refractivity contribution in [1.29, 1.82) is 0 Å². The van der Waals surface area contributed by atoms with E-state index >= 15 is 0 Å². The number of ether oxygens (including phenoxy) is 1. The van der Waals surface area contributed by atoms with Crippen LogP contribution in [-0.4, -0.2) is 32.8 Å². The van der Waals surface area contributed by atoms with Gasteiger partial charge in [-0.1, -0.05) is 17.4 Å². The van der Waals surface area contributed by atoms with Gasteiger partial charge < -0.3 is 14.4 Å². The largest absolute Gasteiger partial charge is 0.478 e. The Kier molecular flexibility index (Phi) is 6.77. The van der Waals surface area contributed by atoms with E-state index in [1.165, 1.54) is 22.7 Å². The first-order valence-corrected chi connectivity index (χ1v) is 13.7. The predicted molar refractivity (Wildman–Crippen MR) is 147 cm³/mol. The molecule has 38 heavy (non-hydrogen) atoms. The number of benzene rings is 1. The maximum atomic E-state index is 13.8. The molecule has 3 aromatic heterocycles. The Labute approximate surface area is 226 Å². The fourth-order valence-corrected chi connectivity index (χ4v) is 6.59. The van der Waals surface area contributed by atoms with Gasteiger partial charge >= 0.3 is 11.9 Å². The van der Waals surface area contributed by atoms with Gasteiger partial charge in [0.05, 0.1) is 28.0 Å². The Morgan fingerprint density at radius 1 is 1.16 bits per heavy atom. The zero-order chi connectivity index (χ0) is 27.1. The molecule has 0 aliphatic carbocycles. The number of nitrogens with zero attached hydrogens (tertiary/aromatic N) is 3. The van der Waals surface area contributed by atoms with Crippen molar-refractivity contribution in [1.82, 2.24) is 9.13 Å². The van der Waals surface area contributed by atoms with Gasteiger partial charge in [0.2, 0.25) is 0 Å². The summed E-state index contributed by atoms with van der Waals surface area (Å²) in [5.41, 5.74) is 4.46. The van der Waals surface area contributed by atoms with Crippen LogP contribution in [0.15, 0.2) is 68.9 Å². The number of fused-ring (bicyclic) bond motifs is 1. The van der Waals surface area contributed by atoms with Crippen molar-refractivity contribution in [3.63, 3.8) is 0 Å². The predicted octanol–water partition coefficient (Wildman–Crippen LogP) is 3.97. The maximum absolute atomic E-state index is 13.8. The fourth-order valence-electron chi connectivity index (χ4n) is 4.73. The number of carboxylic acids is 1. The van der Waals surface area contributed by atoms with Gasteiger partial charge in [0.25, 0.3) is 5.56 Å². The van der Waals surface area contributed by atoms with Crippen molar-refractivity contribution in [2.24, 2.45) is 4.99 Å². The number of carbonyl (C=O) groups is 2. The SMILES string of the molecule is CCOC(=O)C1=C(C)N=c2s/c(=C/c3cc(C)n(-c4ccc(C(=O)O)cc4)c3C)c(=O)n2[C@H]1c1cccs1. The Morgan fingerprint density at radius 3 is 2.53 bits per heavy atom. The summed E-state index contributed by atoms with van der Waals surface area (Å²) in [4.78, 5) is 43.9. The fraction of sp³-hybridized carbons (Fsp3) is 0.214. The lowest BCUT2D eigenvalue weighted by Crippen LogP contribution is -2.39. The van der Waals surface area contributed by atoms with Crippen molar-refractivity contribution in [3.05, 3.63) is 106 Å². The van der Waals surface area contributed by atoms with E-state index in [0.717, 1.165) is 27.5 Å². The molecule has 1 N–H and O–H groups in total. The van der Waals surface area contributed by atoms with E-state index < -0.39 is 18.0 Å². The van der Waals surface area contributed by atoms with E-state index in [-0.39, 0.29) is 17.7 Å². The summed E-state index contributed by atoms with van der Waals surface area (Å²) in [6, 6.07) is 11.9. The average Bonchev–Trinajstić information content (AvgIpc) is 3.58. The molecule has 1 atom stereocenters. The van der Waals surface area contributed by atoms with Crippen molar-refractivity contribution >= 4 is 40.7 Å². The first-order chi connectivity index (χ1) is 18.2. The first-order valence-electron chi connectivity index (χ1n) is 12.0. The molecular formula is C28H25N3O5S2. The third kappa shape index (κ3) is 4.35. The number of rotatable bonds is 6. The molecule has 0 radical (unpaired) electrons. The third-order valence-electron chi connectivity index (χ3n) is 6.46. The molecule has 0 unspecified atom stereocenters. The van der Waals surface area contributed by atoms with Crippen LogP contribution in [0.2, 0.25) is 0 Å². The molecule has 1 aliphatic heterocycles. The number of esters is 1. The minimum Gasteiger partial charge on any atom is -0.478 e. The number of aromatic nitrogens is 2. The third-order valence-corrected chi connectivity index (χ3v) is 8.37. The number of thiophene rings is 1. The van der Waals surface area contributed by atoms with E-state index in [2.05, 4.69) is 4.99 Å². The number of allylic oxidation sites excluding steroid dienone is 1. The Morgan fingerprint density at radius 2 is 1.89 bits per heavy atom. The molecule has 1 aromatic carbocycles. The molecule has 194 valence electrons. The second-order valence-electron chi connectivity index (χ2n) is 8.83. The number of hydrogen-bond acceptors (Lipinski definition) is 7. The van der Waals surface area contributed by atoms with Crippen LogP contribution in [-0.2, 0) is 9.53 Å². The summed E-state index contributed by atoms with van der Waals surface area (Å²) in [6.07, 6.45) is 1.85. The molecule has 10 heteroatoms. The Hall–Kier alpha value is -4.02. The van der Waals surface area contributed by atoms with E-state index in [1.54, 1.807) is 42.7 Å². The first kappa shape index (κ1) is 25.6. The van der Waals surface area contributed by atoms with Crippen LogP contribution >= 0.6 is 22.7 Å². The van der Waals surface area contributed by atoms with E-state index in [4.69, 9.17) is 4.74 Å². The summed E-state index contributed by atoms with van der Waals surface area (Å²) in [6.45, 7) is 7.67. The molecular weight excluding hydrogens is 522 g/mol. The molecule has 4 aromatic rings. The lowest BCUT2D eigenvalue weighted by atomic mass is 10.0. The van der Waals surface area contributed by atoms with Gasteiger partial charge in [-0.15, -0.1) is 11.3 Å². The van der Waals surface area contributed by atoms with Crippen LogP contribution in [0.5, 0.6) is 0 Å². The summed E-state index contributed by atoms with van der Waals surface area (Å²) >= 11 is 2.76. The number of carboxylic acid groups (broad SMARTS) is 1. The number of aryl methyl sites for hydroxylation is 1. The number of thiazole rings is 1. The quantitative estimate of drug-likeness (QED) is 0.368. The van der Waals surface area contributed by atoms with Gasteiger partial charge in [0, 0.05) is 22.0 Å². The summed E-state index contributed by atoms with van der Waals surface area (Å²) in [7, 11) is 0. The molecule has 5 rings (SSSR count). The second kappa shape index (κ2) is 10.0. The zero-order valence-corrected chi connectivity index (χ0v) is 22.9. The van der Waals surface area contributed by atoms with Crippen molar-refractivity contribution in [3.8, 4) is 5.69 Å². The molecule has 8 nitrogen and oxygen atoms in total. The van der Waals surface area contributed by atoms with Gasteiger partial charge in [0.1, 0.15) is 6.04 Å². The number of hydrogen-bond donors (Lipinski definition) is 1. The van der Waals surface area contributed by atoms with Crippen LogP contribution in [0.4, 0.5) is 0 Å². The highest BCUT2D eigenvalue weighted by Crippen LogP contribution is 2.33. The Bertz CT molecular complexity index is 1770. The summed E-state index contributed by atoms with van der Waals surface area (Å²) in [5.74, 6) is -1.45. The number of carbonyl (C=O) groups excluding carboxylic acids is 1. The van der Waals surface area contributed by atoms with Crippen molar-refractivity contribution in [2.75, 3.05) is 6.61 Å². The van der Waals surface area contributed by atoms with Crippen LogP contribution < -0.4 is 14.9 Å². The molecule has 0 saturated carbocycles. The van der Waals surface area contributed by atoms with E-state index in [9.17, 15) is 19.5 Å². The highest BCUT2D eigenvalue weighted by atomic mass is 32.1. The minimum atomic E-state index is -0.976. The lowest BCUT2D eigenvalue weighted by Gasteiger charge is -2.23. The monoisotopic (exact) mass is 547 g/mol. The van der Waals surface area contributed by atoms with Gasteiger partial charge in [-0.3, -0.25) is 9.36 Å². The topological polar surface area (TPSA) is 103 Å². The summed E-state index contributed by atoms with van der Waals surface area (Å²) in [5, 5.41) is 11.1. The maximum Gasteiger partial charge on any atom is 0.338 e. The van der Waals surface area contributed by atoms with Crippen LogP contribution in [0, 0.1) is 13.8 Å². The molecule has 0 bridgehead atoms. The lowest BCUT2D eigenvalue weighted by molar-refractivity contribution is -0.139. The van der Waals surface area contributed by atoms with Gasteiger partial charge in [-0.25, -0.2) is 14.6 Å². The molecule has 0 amide bonds. The Balaban J connectivity index is 1.64. The minimum absolute atomic E-state index is 0.218. The van der Waals surface area contributed by atoms with Gasteiger partial charge in [-0.05, 0) is 81.1 Å². The van der Waals surface area contributed by atoms with Crippen LogP contribution in [0.1, 0.15) is 52.1 Å².